The lowest BCUT2D eigenvalue weighted by Gasteiger charge is -2.18. The SMILES string of the molecule is Cc1cc(NC(=O)COC(=O)[C@H]2CC(=O)N(NC(=O)c3ccc(Cl)cc3Cl)C2)c(C)cc1Br. The molecule has 0 radical (unpaired) electrons. The molecule has 2 N–H and O–H groups in total. The number of carbonyl (C=O) groups is 4. The number of nitrogens with one attached hydrogen (secondary N) is 2. The molecule has 0 bridgehead atoms. The standard InChI is InChI=1S/C22H20BrCl2N3O5/c1-11-6-18(12(2)5-16(11)23)26-19(29)10-33-22(32)13-7-20(30)28(9-13)27-21(31)15-4-3-14(24)8-17(15)25/h3-6,8,13H,7,9-10H2,1-2H3,(H,26,29)(H,27,31)/t13-/m0/s1. The summed E-state index contributed by atoms with van der Waals surface area (Å²) in [5, 5.41) is 4.23. The summed E-state index contributed by atoms with van der Waals surface area (Å²) < 4.78 is 6.01. The smallest absolute Gasteiger partial charge is 0.311 e. The van der Waals surface area contributed by atoms with Gasteiger partial charge in [0.15, 0.2) is 6.61 Å². The van der Waals surface area contributed by atoms with Gasteiger partial charge in [0.25, 0.3) is 11.8 Å². The summed E-state index contributed by atoms with van der Waals surface area (Å²) >= 11 is 15.3. The molecular formula is C22H20BrCl2N3O5. The Hall–Kier alpha value is -2.62. The summed E-state index contributed by atoms with van der Waals surface area (Å²) in [6, 6.07) is 8.02. The maximum absolute atomic E-state index is 12.4. The fourth-order valence-electron chi connectivity index (χ4n) is 3.19. The van der Waals surface area contributed by atoms with Crippen molar-refractivity contribution in [2.45, 2.75) is 20.3 Å². The number of benzene rings is 2. The van der Waals surface area contributed by atoms with E-state index in [0.717, 1.165) is 20.6 Å². The zero-order valence-corrected chi connectivity index (χ0v) is 20.8. The van der Waals surface area contributed by atoms with Crippen molar-refractivity contribution in [3.05, 3.63) is 61.5 Å². The van der Waals surface area contributed by atoms with Gasteiger partial charge in [0.05, 0.1) is 23.0 Å². The third-order valence-corrected chi connectivity index (χ3v) is 6.40. The van der Waals surface area contributed by atoms with E-state index in [4.69, 9.17) is 27.9 Å². The van der Waals surface area contributed by atoms with Gasteiger partial charge in [-0.15, -0.1) is 0 Å². The molecule has 0 saturated carbocycles. The summed E-state index contributed by atoms with van der Waals surface area (Å²) in [4.78, 5) is 49.2. The number of anilines is 1. The van der Waals surface area contributed by atoms with E-state index in [2.05, 4.69) is 26.7 Å². The molecule has 1 heterocycles. The van der Waals surface area contributed by atoms with Crippen LogP contribution in [0.25, 0.3) is 0 Å². The van der Waals surface area contributed by atoms with Crippen molar-refractivity contribution >= 4 is 68.5 Å². The van der Waals surface area contributed by atoms with Crippen molar-refractivity contribution in [1.82, 2.24) is 10.4 Å². The van der Waals surface area contributed by atoms with Gasteiger partial charge in [0.1, 0.15) is 0 Å². The molecule has 2 aromatic rings. The van der Waals surface area contributed by atoms with Crippen LogP contribution in [0.1, 0.15) is 27.9 Å². The first-order valence-electron chi connectivity index (χ1n) is 9.84. The zero-order valence-electron chi connectivity index (χ0n) is 17.7. The molecule has 1 aliphatic heterocycles. The van der Waals surface area contributed by atoms with E-state index < -0.39 is 36.2 Å². The topological polar surface area (TPSA) is 105 Å². The number of aryl methyl sites for hydroxylation is 2. The van der Waals surface area contributed by atoms with E-state index >= 15 is 0 Å². The maximum atomic E-state index is 12.4. The molecule has 2 aromatic carbocycles. The van der Waals surface area contributed by atoms with Crippen molar-refractivity contribution in [2.24, 2.45) is 5.92 Å². The van der Waals surface area contributed by atoms with Crippen LogP contribution < -0.4 is 10.7 Å². The lowest BCUT2D eigenvalue weighted by atomic mass is 10.1. The van der Waals surface area contributed by atoms with Crippen molar-refractivity contribution in [2.75, 3.05) is 18.5 Å². The van der Waals surface area contributed by atoms with Gasteiger partial charge in [0, 0.05) is 21.6 Å². The maximum Gasteiger partial charge on any atom is 0.311 e. The predicted molar refractivity (Wildman–Crippen MR) is 127 cm³/mol. The van der Waals surface area contributed by atoms with Crippen LogP contribution in [0.3, 0.4) is 0 Å². The monoisotopic (exact) mass is 555 g/mol. The normalized spacial score (nSPS) is 15.4. The summed E-state index contributed by atoms with van der Waals surface area (Å²) in [5.74, 6) is -3.09. The highest BCUT2D eigenvalue weighted by atomic mass is 79.9. The number of halogens is 3. The molecule has 0 spiro atoms. The summed E-state index contributed by atoms with van der Waals surface area (Å²) in [7, 11) is 0. The van der Waals surface area contributed by atoms with Gasteiger partial charge in [-0.2, -0.15) is 0 Å². The zero-order chi connectivity index (χ0) is 24.3. The molecular weight excluding hydrogens is 537 g/mol. The largest absolute Gasteiger partial charge is 0.455 e. The Kier molecular flexibility index (Phi) is 7.99. The molecule has 33 heavy (non-hydrogen) atoms. The molecule has 11 heteroatoms. The number of carbonyl (C=O) groups excluding carboxylic acids is 4. The van der Waals surface area contributed by atoms with Gasteiger partial charge in [-0.05, 0) is 55.3 Å². The quantitative estimate of drug-likeness (QED) is 0.522. The number of ether oxygens (including phenoxy) is 1. The van der Waals surface area contributed by atoms with Crippen molar-refractivity contribution in [1.29, 1.82) is 0 Å². The number of hydrogen-bond donors (Lipinski definition) is 2. The third kappa shape index (κ3) is 6.25. The second kappa shape index (κ2) is 10.5. The minimum atomic E-state index is -0.817. The molecule has 3 amide bonds. The van der Waals surface area contributed by atoms with E-state index in [-0.39, 0.29) is 23.6 Å². The Labute approximate surface area is 208 Å². The van der Waals surface area contributed by atoms with E-state index in [0.29, 0.717) is 10.7 Å². The lowest BCUT2D eigenvalue weighted by Crippen LogP contribution is -2.43. The Morgan fingerprint density at radius 1 is 1.15 bits per heavy atom. The Morgan fingerprint density at radius 3 is 2.58 bits per heavy atom. The molecule has 1 saturated heterocycles. The van der Waals surface area contributed by atoms with Crippen LogP contribution in [0.2, 0.25) is 10.0 Å². The number of esters is 1. The number of nitrogens with zero attached hydrogens (tertiary/aromatic N) is 1. The predicted octanol–water partition coefficient (Wildman–Crippen LogP) is 4.05. The molecule has 0 unspecified atom stereocenters. The minimum Gasteiger partial charge on any atom is -0.455 e. The number of hydrazine groups is 1. The molecule has 8 nitrogen and oxygen atoms in total. The molecule has 1 atom stereocenters. The minimum absolute atomic E-state index is 0.0821. The van der Waals surface area contributed by atoms with Crippen LogP contribution in [-0.4, -0.2) is 41.9 Å². The van der Waals surface area contributed by atoms with E-state index in [1.807, 2.05) is 26.0 Å². The highest BCUT2D eigenvalue weighted by Gasteiger charge is 2.37. The molecule has 0 aromatic heterocycles. The average Bonchev–Trinajstić information content (AvgIpc) is 3.10. The number of amides is 3. The van der Waals surface area contributed by atoms with Gasteiger partial charge in [0.2, 0.25) is 5.91 Å². The first kappa shape index (κ1) is 25.0. The van der Waals surface area contributed by atoms with Crippen LogP contribution >= 0.6 is 39.1 Å². The summed E-state index contributed by atoms with van der Waals surface area (Å²) in [6.45, 7) is 3.16. The van der Waals surface area contributed by atoms with Gasteiger partial charge < -0.3 is 10.1 Å². The van der Waals surface area contributed by atoms with Crippen molar-refractivity contribution in [3.8, 4) is 0 Å². The summed E-state index contributed by atoms with van der Waals surface area (Å²) in [6.07, 6.45) is -0.153. The van der Waals surface area contributed by atoms with Gasteiger partial charge in [-0.3, -0.25) is 29.6 Å². The highest BCUT2D eigenvalue weighted by Crippen LogP contribution is 2.25. The Morgan fingerprint density at radius 2 is 1.88 bits per heavy atom. The average molecular weight is 557 g/mol. The molecule has 0 aliphatic carbocycles. The highest BCUT2D eigenvalue weighted by molar-refractivity contribution is 9.10. The van der Waals surface area contributed by atoms with Gasteiger partial charge in [-0.25, -0.2) is 0 Å². The van der Waals surface area contributed by atoms with E-state index in [9.17, 15) is 19.2 Å². The summed E-state index contributed by atoms with van der Waals surface area (Å²) in [5.41, 5.74) is 4.97. The fraction of sp³-hybridized carbons (Fsp3) is 0.273. The van der Waals surface area contributed by atoms with Crippen molar-refractivity contribution in [3.63, 3.8) is 0 Å². The van der Waals surface area contributed by atoms with Crippen LogP contribution in [-0.2, 0) is 19.1 Å². The Bertz CT molecular complexity index is 1140. The Balaban J connectivity index is 1.52. The van der Waals surface area contributed by atoms with Crippen molar-refractivity contribution < 1.29 is 23.9 Å². The van der Waals surface area contributed by atoms with Crippen LogP contribution in [0.4, 0.5) is 5.69 Å². The first-order chi connectivity index (χ1) is 15.5. The van der Waals surface area contributed by atoms with Crippen LogP contribution in [0.15, 0.2) is 34.8 Å². The fourth-order valence-corrected chi connectivity index (χ4v) is 4.14. The van der Waals surface area contributed by atoms with Gasteiger partial charge >= 0.3 is 5.97 Å². The third-order valence-electron chi connectivity index (χ3n) is 5.00. The molecule has 1 fully saturated rings. The number of hydrogen-bond acceptors (Lipinski definition) is 5. The molecule has 174 valence electrons. The second-order valence-electron chi connectivity index (χ2n) is 7.54. The first-order valence-corrected chi connectivity index (χ1v) is 11.4. The van der Waals surface area contributed by atoms with Crippen LogP contribution in [0, 0.1) is 19.8 Å². The van der Waals surface area contributed by atoms with Crippen LogP contribution in [0.5, 0.6) is 0 Å². The van der Waals surface area contributed by atoms with Gasteiger partial charge in [-0.1, -0.05) is 39.1 Å². The van der Waals surface area contributed by atoms with E-state index in [1.165, 1.54) is 18.2 Å². The molecule has 1 aliphatic rings. The molecule has 3 rings (SSSR count). The second-order valence-corrected chi connectivity index (χ2v) is 9.24. The number of rotatable bonds is 6. The van der Waals surface area contributed by atoms with E-state index in [1.54, 1.807) is 0 Å². The lowest BCUT2D eigenvalue weighted by molar-refractivity contribution is -0.151.